The molecule has 0 saturated carbocycles. The maximum atomic E-state index is 11.1. The average molecular weight is 461 g/mol. The minimum Gasteiger partial charge on any atom is -0.497 e. The Balaban J connectivity index is 1.89. The second-order valence-corrected chi connectivity index (χ2v) is 17.1. The van der Waals surface area contributed by atoms with Crippen molar-refractivity contribution < 1.29 is 13.8 Å². The molecule has 32 heavy (non-hydrogen) atoms. The number of pyridine rings is 1. The van der Waals surface area contributed by atoms with E-state index in [4.69, 9.17) is 13.8 Å². The molecule has 2 heterocycles. The molecule has 0 atom stereocenters. The Bertz CT molecular complexity index is 1420. The van der Waals surface area contributed by atoms with Gasteiger partial charge in [-0.25, -0.2) is 4.98 Å². The SMILES string of the molecule is COc1ccc2nc(-c3ccc([N+](=O)[O-])cc3)c3cc4c(cc3c2c1)[Si](C)(C)O[Si]4(C)C. The molecule has 0 amide bonds. The summed E-state index contributed by atoms with van der Waals surface area (Å²) in [6.45, 7) is 9.03. The van der Waals surface area contributed by atoms with E-state index in [0.29, 0.717) is 0 Å². The van der Waals surface area contributed by atoms with Crippen molar-refractivity contribution in [2.45, 2.75) is 26.2 Å². The van der Waals surface area contributed by atoms with Crippen LogP contribution in [0.5, 0.6) is 5.75 Å². The normalized spacial score (nSPS) is 16.3. The number of non-ortho nitro benzene ring substituents is 1. The Hall–Kier alpha value is -3.08. The average Bonchev–Trinajstić information content (AvgIpc) is 2.95. The van der Waals surface area contributed by atoms with E-state index >= 15 is 0 Å². The Morgan fingerprint density at radius 1 is 0.875 bits per heavy atom. The Morgan fingerprint density at radius 2 is 1.50 bits per heavy atom. The lowest BCUT2D eigenvalue weighted by Gasteiger charge is -2.22. The number of nitrogens with zero attached hydrogens (tertiary/aromatic N) is 2. The predicted octanol–water partition coefficient (Wildman–Crippen LogP) is 4.83. The van der Waals surface area contributed by atoms with E-state index in [1.54, 1.807) is 19.2 Å². The number of fused-ring (bicyclic) bond motifs is 4. The number of benzene rings is 3. The van der Waals surface area contributed by atoms with Crippen molar-refractivity contribution in [2.75, 3.05) is 7.11 Å². The van der Waals surface area contributed by atoms with Gasteiger partial charge in [-0.05, 0) is 72.3 Å². The van der Waals surface area contributed by atoms with Crippen molar-refractivity contribution >= 4 is 54.4 Å². The maximum Gasteiger partial charge on any atom is 0.269 e. The van der Waals surface area contributed by atoms with Gasteiger partial charge in [-0.1, -0.05) is 12.1 Å². The highest BCUT2D eigenvalue weighted by Crippen LogP contribution is 2.36. The minimum absolute atomic E-state index is 0.0687. The third kappa shape index (κ3) is 3.14. The van der Waals surface area contributed by atoms with Crippen LogP contribution in [0, 0.1) is 10.1 Å². The molecule has 8 heteroatoms. The monoisotopic (exact) mass is 460 g/mol. The molecule has 0 aliphatic carbocycles. The first-order chi connectivity index (χ1) is 15.1. The first-order valence-corrected chi connectivity index (χ1v) is 16.3. The van der Waals surface area contributed by atoms with Crippen molar-refractivity contribution in [3.05, 3.63) is 64.7 Å². The van der Waals surface area contributed by atoms with Gasteiger partial charge in [0.25, 0.3) is 5.69 Å². The highest BCUT2D eigenvalue weighted by Gasteiger charge is 2.46. The summed E-state index contributed by atoms with van der Waals surface area (Å²) in [5.41, 5.74) is 2.61. The number of ether oxygens (including phenoxy) is 1. The Labute approximate surface area is 188 Å². The van der Waals surface area contributed by atoms with E-state index in [9.17, 15) is 10.1 Å². The molecule has 0 radical (unpaired) electrons. The van der Waals surface area contributed by atoms with E-state index < -0.39 is 16.6 Å². The third-order valence-electron chi connectivity index (χ3n) is 6.30. The van der Waals surface area contributed by atoms with E-state index in [0.717, 1.165) is 38.7 Å². The van der Waals surface area contributed by atoms with Gasteiger partial charge in [-0.2, -0.15) is 0 Å². The highest BCUT2D eigenvalue weighted by atomic mass is 28.4. The number of hydrogen-bond donors (Lipinski definition) is 0. The van der Waals surface area contributed by atoms with Crippen LogP contribution in [-0.2, 0) is 4.12 Å². The van der Waals surface area contributed by atoms with Crippen molar-refractivity contribution in [1.82, 2.24) is 4.98 Å². The first-order valence-electron chi connectivity index (χ1n) is 10.5. The fourth-order valence-electron chi connectivity index (χ4n) is 4.86. The van der Waals surface area contributed by atoms with Crippen molar-refractivity contribution in [2.24, 2.45) is 0 Å². The first kappa shape index (κ1) is 20.8. The summed E-state index contributed by atoms with van der Waals surface area (Å²) in [6.07, 6.45) is 0. The molecule has 0 saturated heterocycles. The van der Waals surface area contributed by atoms with Crippen molar-refractivity contribution in [1.29, 1.82) is 0 Å². The standard InChI is InChI=1S/C24H24N2O4Si2/c1-29-17-10-11-21-19(12-17)18-13-22-23(32(4,5)30-31(22,2)3)14-20(18)24(25-21)15-6-8-16(9-7-15)26(27)28/h6-14H,1-5H3. The number of nitro benzene ring substituents is 1. The molecule has 1 aliphatic heterocycles. The zero-order valence-electron chi connectivity index (χ0n) is 18.7. The van der Waals surface area contributed by atoms with Crippen LogP contribution in [0.4, 0.5) is 5.69 Å². The molecule has 0 N–H and O–H groups in total. The topological polar surface area (TPSA) is 74.5 Å². The number of aromatic nitrogens is 1. The lowest BCUT2D eigenvalue weighted by atomic mass is 9.99. The number of rotatable bonds is 3. The van der Waals surface area contributed by atoms with E-state index in [2.05, 4.69) is 38.3 Å². The van der Waals surface area contributed by atoms with E-state index in [-0.39, 0.29) is 10.6 Å². The molecule has 4 aromatic rings. The molecule has 1 aromatic heterocycles. The maximum absolute atomic E-state index is 11.1. The predicted molar refractivity (Wildman–Crippen MR) is 133 cm³/mol. The van der Waals surface area contributed by atoms with Crippen LogP contribution in [0.1, 0.15) is 0 Å². The zero-order valence-corrected chi connectivity index (χ0v) is 20.7. The molecule has 6 nitrogen and oxygen atoms in total. The summed E-state index contributed by atoms with van der Waals surface area (Å²) in [7, 11) is -2.37. The van der Waals surface area contributed by atoms with Gasteiger partial charge in [0.15, 0.2) is 0 Å². The second kappa shape index (κ2) is 6.96. The molecule has 5 rings (SSSR count). The molecule has 3 aromatic carbocycles. The van der Waals surface area contributed by atoms with Crippen molar-refractivity contribution in [3.8, 4) is 17.0 Å². The van der Waals surface area contributed by atoms with Gasteiger partial charge in [0.05, 0.1) is 23.2 Å². The molecule has 1 aliphatic rings. The third-order valence-corrected chi connectivity index (χ3v) is 14.1. The van der Waals surface area contributed by atoms with Crippen LogP contribution >= 0.6 is 0 Å². The number of hydrogen-bond acceptors (Lipinski definition) is 5. The number of methoxy groups -OCH3 is 1. The van der Waals surface area contributed by atoms with Gasteiger partial charge in [-0.3, -0.25) is 10.1 Å². The van der Waals surface area contributed by atoms with Gasteiger partial charge in [-0.15, -0.1) is 0 Å². The second-order valence-electron chi connectivity index (χ2n) is 9.21. The summed E-state index contributed by atoms with van der Waals surface area (Å²) in [5, 5.41) is 17.0. The molecule has 0 bridgehead atoms. The van der Waals surface area contributed by atoms with Gasteiger partial charge in [0, 0.05) is 28.5 Å². The number of nitro groups is 1. The zero-order chi connectivity index (χ0) is 22.8. The molecule has 0 unspecified atom stereocenters. The molecule has 0 spiro atoms. The van der Waals surface area contributed by atoms with Crippen LogP contribution in [-0.4, -0.2) is 33.7 Å². The van der Waals surface area contributed by atoms with Gasteiger partial charge < -0.3 is 8.85 Å². The lowest BCUT2D eigenvalue weighted by Crippen LogP contribution is -2.44. The van der Waals surface area contributed by atoms with E-state index in [1.807, 2.05) is 18.2 Å². The Morgan fingerprint density at radius 3 is 2.09 bits per heavy atom. The summed E-state index contributed by atoms with van der Waals surface area (Å²) in [6, 6.07) is 17.1. The van der Waals surface area contributed by atoms with Gasteiger partial charge >= 0.3 is 0 Å². The van der Waals surface area contributed by atoms with E-state index in [1.165, 1.54) is 22.5 Å². The molecule has 0 fully saturated rings. The van der Waals surface area contributed by atoms with Gasteiger partial charge in [0.2, 0.25) is 16.6 Å². The Kier molecular flexibility index (Phi) is 4.53. The summed E-state index contributed by atoms with van der Waals surface area (Å²) in [5.74, 6) is 0.784. The molecular formula is C24H24N2O4Si2. The largest absolute Gasteiger partial charge is 0.497 e. The van der Waals surface area contributed by atoms with Crippen LogP contribution < -0.4 is 15.1 Å². The minimum atomic E-state index is -2.03. The van der Waals surface area contributed by atoms with Crippen LogP contribution in [0.25, 0.3) is 32.9 Å². The van der Waals surface area contributed by atoms with Crippen LogP contribution in [0.2, 0.25) is 26.2 Å². The van der Waals surface area contributed by atoms with Crippen molar-refractivity contribution in [3.63, 3.8) is 0 Å². The summed E-state index contributed by atoms with van der Waals surface area (Å²) < 4.78 is 12.2. The fourth-order valence-corrected chi connectivity index (χ4v) is 15.1. The quantitative estimate of drug-likeness (QED) is 0.190. The summed E-state index contributed by atoms with van der Waals surface area (Å²) in [4.78, 5) is 15.7. The van der Waals surface area contributed by atoms with Crippen LogP contribution in [0.15, 0.2) is 54.6 Å². The summed E-state index contributed by atoms with van der Waals surface area (Å²) >= 11 is 0. The lowest BCUT2D eigenvalue weighted by molar-refractivity contribution is -0.384. The fraction of sp³-hybridized carbons (Fsp3) is 0.208. The van der Waals surface area contributed by atoms with Crippen LogP contribution in [0.3, 0.4) is 0 Å². The smallest absolute Gasteiger partial charge is 0.269 e. The molecular weight excluding hydrogens is 436 g/mol. The van der Waals surface area contributed by atoms with Gasteiger partial charge in [0.1, 0.15) is 5.75 Å². The highest BCUT2D eigenvalue weighted by molar-refractivity contribution is 7.06. The molecule has 162 valence electrons.